The molecule has 1 N–H and O–H groups in total. The van der Waals surface area contributed by atoms with Crippen molar-refractivity contribution in [2.45, 2.75) is 6.29 Å². The van der Waals surface area contributed by atoms with E-state index in [2.05, 4.69) is 0 Å². The van der Waals surface area contributed by atoms with E-state index in [9.17, 15) is 15.0 Å². The fraction of sp³-hybridized carbons (Fsp3) is 0.250. The number of hydrogen-bond acceptors (Lipinski definition) is 4. The molecule has 0 rings (SSSR count). The van der Waals surface area contributed by atoms with Crippen LogP contribution in [0, 0.1) is 0 Å². The van der Waals surface area contributed by atoms with Gasteiger partial charge in [-0.2, -0.15) is 0 Å². The second kappa shape index (κ2) is 3.17. The fourth-order valence-corrected chi connectivity index (χ4v) is 0.161. The Hall–Kier alpha value is -0.870. The van der Waals surface area contributed by atoms with Gasteiger partial charge in [0, 0.05) is 0 Å². The first kappa shape index (κ1) is 7.13. The lowest BCUT2D eigenvalue weighted by molar-refractivity contribution is -0.463. The molecule has 0 fully saturated rings. The highest BCUT2D eigenvalue weighted by molar-refractivity contribution is 5.77. The summed E-state index contributed by atoms with van der Waals surface area (Å²) in [5.41, 5.74) is 0. The molecule has 1 unspecified atom stereocenters. The smallest absolute Gasteiger partial charge is 0.0640 e. The molecule has 4 nitrogen and oxygen atoms in total. The van der Waals surface area contributed by atoms with Crippen molar-refractivity contribution in [2.75, 3.05) is 0 Å². The Morgan fingerprint density at radius 2 is 2.25 bits per heavy atom. The van der Waals surface area contributed by atoms with Crippen LogP contribution in [0.4, 0.5) is 0 Å². The molecule has 0 saturated heterocycles. The summed E-state index contributed by atoms with van der Waals surface area (Å²) in [6.45, 7) is 0. The van der Waals surface area contributed by atoms with Crippen LogP contribution in [0.2, 0.25) is 0 Å². The zero-order valence-electron chi connectivity index (χ0n) is 3.90. The summed E-state index contributed by atoms with van der Waals surface area (Å²) in [7, 11) is 0. The first-order chi connectivity index (χ1) is 3.63. The normalized spacial score (nSPS) is 14.2. The van der Waals surface area contributed by atoms with Gasteiger partial charge in [-0.05, 0) is 12.4 Å². The van der Waals surface area contributed by atoms with E-state index < -0.39 is 12.3 Å². The van der Waals surface area contributed by atoms with Crippen molar-refractivity contribution in [3.8, 4) is 0 Å². The molecule has 0 aromatic rings. The van der Waals surface area contributed by atoms with Crippen molar-refractivity contribution < 1.29 is 20.1 Å². The third-order valence-corrected chi connectivity index (χ3v) is 0.397. The summed E-state index contributed by atoms with van der Waals surface area (Å²) < 4.78 is 0. The van der Waals surface area contributed by atoms with Gasteiger partial charge in [0.15, 0.2) is 0 Å². The summed E-state index contributed by atoms with van der Waals surface area (Å²) in [6, 6.07) is 0. The number of aliphatic hydroxyl groups is 1. The van der Waals surface area contributed by atoms with Gasteiger partial charge < -0.3 is 20.1 Å². The number of aliphatic carboxylic acids is 1. The number of carbonyl (C=O) groups excluding carboxylic acids is 1. The van der Waals surface area contributed by atoms with Crippen LogP contribution in [0.5, 0.6) is 0 Å². The van der Waals surface area contributed by atoms with Crippen molar-refractivity contribution in [3.63, 3.8) is 0 Å². The Labute approximate surface area is 45.7 Å². The predicted octanol–water partition coefficient (Wildman–Crippen LogP) is -3.03. The number of carboxylic acids is 1. The summed E-state index contributed by atoms with van der Waals surface area (Å²) in [6.07, 6.45) is -0.902. The van der Waals surface area contributed by atoms with Gasteiger partial charge in [-0.15, -0.1) is 0 Å². The highest BCUT2D eigenvalue weighted by atomic mass is 16.5. The molecule has 1 atom stereocenters. The molecule has 0 aromatic heterocycles. The van der Waals surface area contributed by atoms with Gasteiger partial charge in [0.1, 0.15) is 0 Å². The van der Waals surface area contributed by atoms with Gasteiger partial charge in [0.25, 0.3) is 0 Å². The number of carboxylic acid groups (broad SMARTS) is 1. The summed E-state index contributed by atoms with van der Waals surface area (Å²) in [5.74, 6) is -1.49. The van der Waals surface area contributed by atoms with Crippen LogP contribution in [0.3, 0.4) is 0 Å². The molecule has 0 aliphatic carbocycles. The standard InChI is InChI=1S/C4H5O4/c5-3(6)1-2-4(7)8/h1-3,5H,(H,7,8)/q-1/p-1. The Morgan fingerprint density at radius 3 is 2.38 bits per heavy atom. The van der Waals surface area contributed by atoms with Gasteiger partial charge in [0.2, 0.25) is 0 Å². The van der Waals surface area contributed by atoms with Crippen molar-refractivity contribution in [1.82, 2.24) is 0 Å². The third kappa shape index (κ3) is 5.13. The van der Waals surface area contributed by atoms with E-state index in [0.717, 1.165) is 0 Å². The first-order valence-corrected chi connectivity index (χ1v) is 1.86. The minimum Gasteiger partial charge on any atom is -0.828 e. The molecule has 0 aromatic carbocycles. The molecule has 0 spiro atoms. The monoisotopic (exact) mass is 116 g/mol. The van der Waals surface area contributed by atoms with Crippen LogP contribution in [0.25, 0.3) is 0 Å². The molecular weight excluding hydrogens is 112 g/mol. The predicted molar refractivity (Wildman–Crippen MR) is 20.2 cm³/mol. The average molecular weight is 116 g/mol. The molecule has 0 radical (unpaired) electrons. The van der Waals surface area contributed by atoms with E-state index in [0.29, 0.717) is 12.2 Å². The van der Waals surface area contributed by atoms with E-state index in [1.165, 1.54) is 0 Å². The molecule has 0 heterocycles. The van der Waals surface area contributed by atoms with Gasteiger partial charge in [-0.25, -0.2) is 0 Å². The van der Waals surface area contributed by atoms with Crippen LogP contribution >= 0.6 is 0 Å². The lowest BCUT2D eigenvalue weighted by Crippen LogP contribution is -2.24. The van der Waals surface area contributed by atoms with Crippen molar-refractivity contribution in [3.05, 3.63) is 12.2 Å². The van der Waals surface area contributed by atoms with E-state index in [1.54, 1.807) is 0 Å². The first-order valence-electron chi connectivity index (χ1n) is 1.86. The number of hydrogen-bond donors (Lipinski definition) is 1. The minimum atomic E-state index is -1.96. The zero-order chi connectivity index (χ0) is 6.57. The van der Waals surface area contributed by atoms with Gasteiger partial charge in [-0.1, -0.05) is 6.08 Å². The molecular formula is C4H4O4-2. The third-order valence-electron chi connectivity index (χ3n) is 0.397. The minimum absolute atomic E-state index is 0.484. The maximum Gasteiger partial charge on any atom is 0.0640 e. The number of rotatable bonds is 2. The Bertz CT molecular complexity index is 105. The number of carbonyl (C=O) groups is 1. The van der Waals surface area contributed by atoms with Gasteiger partial charge >= 0.3 is 0 Å². The second-order valence-electron chi connectivity index (χ2n) is 1.07. The van der Waals surface area contributed by atoms with E-state index in [-0.39, 0.29) is 0 Å². The lowest BCUT2D eigenvalue weighted by Gasteiger charge is -2.06. The van der Waals surface area contributed by atoms with Gasteiger partial charge in [0.05, 0.1) is 5.97 Å². The van der Waals surface area contributed by atoms with Crippen molar-refractivity contribution >= 4 is 5.97 Å². The summed E-state index contributed by atoms with van der Waals surface area (Å²) in [4.78, 5) is 9.46. The topological polar surface area (TPSA) is 83.4 Å². The molecule has 8 heavy (non-hydrogen) atoms. The molecule has 0 saturated carbocycles. The lowest BCUT2D eigenvalue weighted by atomic mass is 10.5. The molecule has 0 aliphatic rings. The van der Waals surface area contributed by atoms with Crippen LogP contribution in [-0.2, 0) is 4.79 Å². The fourth-order valence-electron chi connectivity index (χ4n) is 0.161. The maximum atomic E-state index is 9.61. The van der Waals surface area contributed by atoms with Crippen LogP contribution < -0.4 is 10.2 Å². The zero-order valence-corrected chi connectivity index (χ0v) is 3.90. The summed E-state index contributed by atoms with van der Waals surface area (Å²) in [5, 5.41) is 26.9. The highest BCUT2D eigenvalue weighted by Gasteiger charge is 1.73. The quantitative estimate of drug-likeness (QED) is 0.307. The summed E-state index contributed by atoms with van der Waals surface area (Å²) >= 11 is 0. The van der Waals surface area contributed by atoms with E-state index >= 15 is 0 Å². The SMILES string of the molecule is O=C([O-])C=CC([O-])O. The molecule has 46 valence electrons. The van der Waals surface area contributed by atoms with E-state index in [1.807, 2.05) is 0 Å². The van der Waals surface area contributed by atoms with Crippen LogP contribution in [-0.4, -0.2) is 17.4 Å². The highest BCUT2D eigenvalue weighted by Crippen LogP contribution is 1.71. The molecule has 0 amide bonds. The van der Waals surface area contributed by atoms with Crippen LogP contribution in [0.1, 0.15) is 0 Å². The molecule has 4 heteroatoms. The van der Waals surface area contributed by atoms with Crippen molar-refractivity contribution in [2.24, 2.45) is 0 Å². The van der Waals surface area contributed by atoms with Crippen molar-refractivity contribution in [1.29, 1.82) is 0 Å². The van der Waals surface area contributed by atoms with Gasteiger partial charge in [-0.3, -0.25) is 0 Å². The second-order valence-corrected chi connectivity index (χ2v) is 1.07. The largest absolute Gasteiger partial charge is 0.828 e. The Balaban J connectivity index is 3.50. The Morgan fingerprint density at radius 1 is 1.75 bits per heavy atom. The van der Waals surface area contributed by atoms with Crippen LogP contribution in [0.15, 0.2) is 12.2 Å². The average Bonchev–Trinajstić information content (AvgIpc) is 1.61. The Kier molecular flexibility index (Phi) is 2.83. The number of aliphatic hydroxyl groups excluding tert-OH is 1. The molecule has 0 bridgehead atoms. The molecule has 0 aliphatic heterocycles. The maximum absolute atomic E-state index is 9.61. The van der Waals surface area contributed by atoms with E-state index in [4.69, 9.17) is 5.11 Å².